The minimum absolute atomic E-state index is 0.106. The van der Waals surface area contributed by atoms with E-state index in [1.54, 1.807) is 18.2 Å². The van der Waals surface area contributed by atoms with E-state index in [0.29, 0.717) is 5.75 Å². The van der Waals surface area contributed by atoms with Gasteiger partial charge >= 0.3 is 6.61 Å². The summed E-state index contributed by atoms with van der Waals surface area (Å²) in [6.07, 6.45) is 0. The maximum absolute atomic E-state index is 12.5. The number of carbonyl (C=O) groups is 1. The summed E-state index contributed by atoms with van der Waals surface area (Å²) >= 11 is 0. The lowest BCUT2D eigenvalue weighted by molar-refractivity contribution is -0.118. The minimum atomic E-state index is -2.97. The van der Waals surface area contributed by atoms with E-state index >= 15 is 0 Å². The van der Waals surface area contributed by atoms with Gasteiger partial charge in [-0.25, -0.2) is 0 Å². The first-order valence-corrected chi connectivity index (χ1v) is 8.24. The normalized spacial score (nSPS) is 10.5. The fraction of sp³-hybridized carbons (Fsp3) is 0.0952. The lowest BCUT2D eigenvalue weighted by Gasteiger charge is -2.13. The zero-order valence-electron chi connectivity index (χ0n) is 14.3. The van der Waals surface area contributed by atoms with Crippen molar-refractivity contribution in [3.8, 4) is 22.6 Å². The monoisotopic (exact) mass is 369 g/mol. The second-order valence-corrected chi connectivity index (χ2v) is 5.57. The predicted molar refractivity (Wildman–Crippen MR) is 99.1 cm³/mol. The van der Waals surface area contributed by atoms with Crippen LogP contribution < -0.4 is 14.8 Å². The summed E-state index contributed by atoms with van der Waals surface area (Å²) in [5, 5.41) is 2.52. The molecule has 0 saturated carbocycles. The minimum Gasteiger partial charge on any atom is -0.483 e. The van der Waals surface area contributed by atoms with Crippen LogP contribution in [-0.4, -0.2) is 19.1 Å². The van der Waals surface area contributed by atoms with Crippen LogP contribution in [-0.2, 0) is 4.79 Å². The van der Waals surface area contributed by atoms with Gasteiger partial charge in [-0.3, -0.25) is 4.79 Å². The number of ether oxygens (including phenoxy) is 2. The summed E-state index contributed by atoms with van der Waals surface area (Å²) in [6.45, 7) is -3.25. The summed E-state index contributed by atoms with van der Waals surface area (Å²) in [7, 11) is 0. The molecule has 0 heterocycles. The maximum atomic E-state index is 12.5. The summed E-state index contributed by atoms with van der Waals surface area (Å²) in [6, 6.07) is 23.0. The van der Waals surface area contributed by atoms with Crippen molar-refractivity contribution in [3.05, 3.63) is 78.9 Å². The number of hydrogen-bond acceptors (Lipinski definition) is 3. The number of hydrogen-bond donors (Lipinski definition) is 1. The van der Waals surface area contributed by atoms with Crippen molar-refractivity contribution in [1.82, 2.24) is 0 Å². The highest BCUT2D eigenvalue weighted by Gasteiger charge is 2.13. The molecule has 0 aliphatic rings. The van der Waals surface area contributed by atoms with Crippen molar-refractivity contribution in [2.45, 2.75) is 6.61 Å². The molecule has 4 nitrogen and oxygen atoms in total. The molecule has 138 valence electrons. The van der Waals surface area contributed by atoms with Crippen LogP contribution in [0.5, 0.6) is 11.5 Å². The van der Waals surface area contributed by atoms with Crippen molar-refractivity contribution < 1.29 is 23.0 Å². The Balaban J connectivity index is 1.68. The Labute approximate surface area is 155 Å². The van der Waals surface area contributed by atoms with Crippen molar-refractivity contribution in [2.75, 3.05) is 11.9 Å². The number of anilines is 1. The molecule has 0 bridgehead atoms. The van der Waals surface area contributed by atoms with Crippen LogP contribution >= 0.6 is 0 Å². The molecule has 0 atom stereocenters. The molecule has 0 aliphatic heterocycles. The van der Waals surface area contributed by atoms with Gasteiger partial charge in [-0.05, 0) is 23.8 Å². The Morgan fingerprint density at radius 2 is 1.48 bits per heavy atom. The molecule has 6 heteroatoms. The van der Waals surface area contributed by atoms with E-state index in [1.165, 1.54) is 12.1 Å². The van der Waals surface area contributed by atoms with E-state index in [1.807, 2.05) is 48.5 Å². The van der Waals surface area contributed by atoms with Crippen molar-refractivity contribution >= 4 is 11.6 Å². The molecular weight excluding hydrogens is 352 g/mol. The van der Waals surface area contributed by atoms with Gasteiger partial charge in [0.25, 0.3) is 5.91 Å². The first kappa shape index (κ1) is 18.4. The SMILES string of the molecule is O=C(COc1ccccc1-c1ccccc1)Nc1ccccc1OC(F)F. The number of halogens is 2. The van der Waals surface area contributed by atoms with Crippen LogP contribution in [0, 0.1) is 0 Å². The van der Waals surface area contributed by atoms with Gasteiger partial charge in [-0.1, -0.05) is 60.7 Å². The second kappa shape index (κ2) is 8.80. The van der Waals surface area contributed by atoms with E-state index in [2.05, 4.69) is 10.1 Å². The van der Waals surface area contributed by atoms with Gasteiger partial charge in [0, 0.05) is 5.56 Å². The molecule has 0 saturated heterocycles. The summed E-state index contributed by atoms with van der Waals surface area (Å²) in [5.74, 6) is -0.0373. The Kier molecular flexibility index (Phi) is 5.99. The fourth-order valence-electron chi connectivity index (χ4n) is 2.55. The molecule has 27 heavy (non-hydrogen) atoms. The van der Waals surface area contributed by atoms with Crippen LogP contribution in [0.15, 0.2) is 78.9 Å². The number of alkyl halides is 2. The first-order chi connectivity index (χ1) is 13.1. The van der Waals surface area contributed by atoms with Gasteiger partial charge in [-0.2, -0.15) is 8.78 Å². The molecule has 0 fully saturated rings. The summed E-state index contributed by atoms with van der Waals surface area (Å²) in [5.41, 5.74) is 1.97. The van der Waals surface area contributed by atoms with E-state index < -0.39 is 12.5 Å². The maximum Gasteiger partial charge on any atom is 0.387 e. The molecule has 1 N–H and O–H groups in total. The van der Waals surface area contributed by atoms with Crippen LogP contribution in [0.3, 0.4) is 0 Å². The van der Waals surface area contributed by atoms with E-state index in [4.69, 9.17) is 4.74 Å². The molecular formula is C21H17F2NO3. The third kappa shape index (κ3) is 5.04. The highest BCUT2D eigenvalue weighted by atomic mass is 19.3. The molecule has 0 unspecified atom stereocenters. The number of para-hydroxylation sites is 3. The standard InChI is InChI=1S/C21H17F2NO3/c22-21(23)27-19-13-7-5-11-17(19)24-20(25)14-26-18-12-6-4-10-16(18)15-8-2-1-3-9-15/h1-13,21H,14H2,(H,24,25). The Morgan fingerprint density at radius 3 is 2.22 bits per heavy atom. The quantitative estimate of drug-likeness (QED) is 0.639. The Hall–Kier alpha value is -3.41. The van der Waals surface area contributed by atoms with Crippen molar-refractivity contribution in [3.63, 3.8) is 0 Å². The van der Waals surface area contributed by atoms with Crippen molar-refractivity contribution in [2.24, 2.45) is 0 Å². The molecule has 3 aromatic rings. The number of rotatable bonds is 7. The van der Waals surface area contributed by atoms with Gasteiger partial charge in [0.05, 0.1) is 5.69 Å². The highest BCUT2D eigenvalue weighted by Crippen LogP contribution is 2.30. The molecule has 3 rings (SSSR count). The zero-order chi connectivity index (χ0) is 19.1. The lowest BCUT2D eigenvalue weighted by atomic mass is 10.1. The topological polar surface area (TPSA) is 47.6 Å². The molecule has 1 amide bonds. The average molecular weight is 369 g/mol. The summed E-state index contributed by atoms with van der Waals surface area (Å²) < 4.78 is 34.9. The van der Waals surface area contributed by atoms with Gasteiger partial charge in [0.2, 0.25) is 0 Å². The first-order valence-electron chi connectivity index (χ1n) is 8.24. The van der Waals surface area contributed by atoms with Crippen LogP contribution in [0.25, 0.3) is 11.1 Å². The second-order valence-electron chi connectivity index (χ2n) is 5.57. The van der Waals surface area contributed by atoms with E-state index in [9.17, 15) is 13.6 Å². The highest BCUT2D eigenvalue weighted by molar-refractivity contribution is 5.93. The Morgan fingerprint density at radius 1 is 0.852 bits per heavy atom. The number of amides is 1. The summed E-state index contributed by atoms with van der Waals surface area (Å²) in [4.78, 5) is 12.2. The third-order valence-electron chi connectivity index (χ3n) is 3.71. The largest absolute Gasteiger partial charge is 0.483 e. The lowest BCUT2D eigenvalue weighted by Crippen LogP contribution is -2.21. The fourth-order valence-corrected chi connectivity index (χ4v) is 2.55. The van der Waals surface area contributed by atoms with E-state index in [0.717, 1.165) is 11.1 Å². The smallest absolute Gasteiger partial charge is 0.387 e. The molecule has 3 aromatic carbocycles. The molecule has 0 radical (unpaired) electrons. The molecule has 0 aliphatic carbocycles. The van der Waals surface area contributed by atoms with Crippen LogP contribution in [0.1, 0.15) is 0 Å². The van der Waals surface area contributed by atoms with Gasteiger partial charge < -0.3 is 14.8 Å². The molecule has 0 aromatic heterocycles. The Bertz CT molecular complexity index is 901. The average Bonchev–Trinajstić information content (AvgIpc) is 2.68. The molecule has 0 spiro atoms. The predicted octanol–water partition coefficient (Wildman–Crippen LogP) is 4.97. The number of carbonyl (C=O) groups excluding carboxylic acids is 1. The van der Waals surface area contributed by atoms with Crippen LogP contribution in [0.2, 0.25) is 0 Å². The number of benzene rings is 3. The van der Waals surface area contributed by atoms with Crippen molar-refractivity contribution in [1.29, 1.82) is 0 Å². The van der Waals surface area contributed by atoms with E-state index in [-0.39, 0.29) is 18.0 Å². The number of nitrogens with one attached hydrogen (secondary N) is 1. The van der Waals surface area contributed by atoms with Gasteiger partial charge in [0.15, 0.2) is 6.61 Å². The van der Waals surface area contributed by atoms with Crippen LogP contribution in [0.4, 0.5) is 14.5 Å². The van der Waals surface area contributed by atoms with Gasteiger partial charge in [-0.15, -0.1) is 0 Å². The third-order valence-corrected chi connectivity index (χ3v) is 3.71. The zero-order valence-corrected chi connectivity index (χ0v) is 14.3. The van der Waals surface area contributed by atoms with Gasteiger partial charge in [0.1, 0.15) is 11.5 Å².